The molecule has 0 aromatic heterocycles. The van der Waals surface area contributed by atoms with Crippen molar-refractivity contribution in [3.63, 3.8) is 0 Å². The van der Waals surface area contributed by atoms with Crippen LogP contribution in [0.5, 0.6) is 0 Å². The standard InChI is InChI=1S/C23H44O2.C11H18O6/c1-4-6-7-8-9-10-11-12-13-14-15-16-17-18-19-20-21-22(3)25-23(24)5-2;1-3-9(12)17-11-8-13-7-10(14-4-2)15-5-6-16-11/h5,22H,2,4,6-21H2,1,3H3;3,10-11H,1,4-8H2,2H3. The normalized spacial score (nSPS) is 17.9. The van der Waals surface area contributed by atoms with Gasteiger partial charge in [-0.2, -0.15) is 0 Å². The average molecular weight is 599 g/mol. The maximum absolute atomic E-state index is 11.1. The van der Waals surface area contributed by atoms with E-state index in [1.165, 1.54) is 102 Å². The molecule has 0 amide bonds. The molecule has 1 rings (SSSR count). The number of unbranched alkanes of at least 4 members (excludes halogenated alkanes) is 15. The van der Waals surface area contributed by atoms with Crippen molar-refractivity contribution in [3.05, 3.63) is 25.3 Å². The van der Waals surface area contributed by atoms with E-state index in [9.17, 15) is 9.59 Å². The second kappa shape index (κ2) is 30.7. The van der Waals surface area contributed by atoms with Gasteiger partial charge in [0.2, 0.25) is 6.29 Å². The van der Waals surface area contributed by atoms with Crippen LogP contribution in [0.15, 0.2) is 25.3 Å². The monoisotopic (exact) mass is 598 g/mol. The SMILES string of the molecule is C=CC(=O)OC(C)CCCCCCCCCCCCCCCCCC.C=CC(=O)OC1COCC(OCC)OCCO1. The van der Waals surface area contributed by atoms with Gasteiger partial charge in [-0.1, -0.05) is 116 Å². The summed E-state index contributed by atoms with van der Waals surface area (Å²) in [5.74, 6) is -0.843. The molecule has 3 atom stereocenters. The summed E-state index contributed by atoms with van der Waals surface area (Å²) in [6.07, 6.45) is 24.4. The highest BCUT2D eigenvalue weighted by atomic mass is 16.7. The molecule has 0 bridgehead atoms. The van der Waals surface area contributed by atoms with Crippen molar-refractivity contribution in [3.8, 4) is 0 Å². The Hall–Kier alpha value is -1.74. The lowest BCUT2D eigenvalue weighted by Crippen LogP contribution is -2.27. The summed E-state index contributed by atoms with van der Waals surface area (Å²) in [6, 6.07) is 0. The lowest BCUT2D eigenvalue weighted by Gasteiger charge is -2.16. The van der Waals surface area contributed by atoms with Gasteiger partial charge in [0.15, 0.2) is 6.29 Å². The van der Waals surface area contributed by atoms with E-state index in [0.29, 0.717) is 19.8 Å². The van der Waals surface area contributed by atoms with E-state index in [0.717, 1.165) is 18.9 Å². The van der Waals surface area contributed by atoms with Crippen molar-refractivity contribution in [2.45, 2.75) is 149 Å². The maximum Gasteiger partial charge on any atom is 0.332 e. The van der Waals surface area contributed by atoms with E-state index < -0.39 is 18.5 Å². The molecule has 0 spiro atoms. The van der Waals surface area contributed by atoms with Crippen LogP contribution in [0.3, 0.4) is 0 Å². The first-order valence-electron chi connectivity index (χ1n) is 16.5. The molecule has 0 radical (unpaired) electrons. The Bertz CT molecular complexity index is 653. The number of esters is 2. The Balaban J connectivity index is 0.000000858. The molecule has 0 aromatic rings. The number of rotatable bonds is 23. The lowest BCUT2D eigenvalue weighted by atomic mass is 10.0. The number of carbonyl (C=O) groups is 2. The largest absolute Gasteiger partial charge is 0.460 e. The zero-order valence-electron chi connectivity index (χ0n) is 27.1. The van der Waals surface area contributed by atoms with E-state index in [4.69, 9.17) is 28.4 Å². The number of hydrogen-bond donors (Lipinski definition) is 0. The first-order valence-corrected chi connectivity index (χ1v) is 16.5. The van der Waals surface area contributed by atoms with Gasteiger partial charge in [0.25, 0.3) is 0 Å². The van der Waals surface area contributed by atoms with Gasteiger partial charge >= 0.3 is 11.9 Å². The first-order chi connectivity index (χ1) is 20.5. The molecule has 1 saturated heterocycles. The molecule has 0 N–H and O–H groups in total. The van der Waals surface area contributed by atoms with E-state index in [1.54, 1.807) is 0 Å². The van der Waals surface area contributed by atoms with Crippen molar-refractivity contribution >= 4 is 11.9 Å². The van der Waals surface area contributed by atoms with Crippen LogP contribution >= 0.6 is 0 Å². The molecule has 246 valence electrons. The molecular weight excluding hydrogens is 536 g/mol. The van der Waals surface area contributed by atoms with E-state index >= 15 is 0 Å². The molecule has 8 nitrogen and oxygen atoms in total. The predicted molar refractivity (Wildman–Crippen MR) is 168 cm³/mol. The van der Waals surface area contributed by atoms with Crippen LogP contribution in [-0.2, 0) is 38.0 Å². The third-order valence-corrected chi connectivity index (χ3v) is 6.91. The van der Waals surface area contributed by atoms with Crippen molar-refractivity contribution in [2.24, 2.45) is 0 Å². The van der Waals surface area contributed by atoms with Gasteiger partial charge in [-0.25, -0.2) is 9.59 Å². The minimum Gasteiger partial charge on any atom is -0.460 e. The number of hydrogen-bond acceptors (Lipinski definition) is 8. The Kier molecular flexibility index (Phi) is 29.4. The lowest BCUT2D eigenvalue weighted by molar-refractivity contribution is -0.185. The van der Waals surface area contributed by atoms with E-state index in [2.05, 4.69) is 20.1 Å². The van der Waals surface area contributed by atoms with E-state index in [-0.39, 0.29) is 25.3 Å². The van der Waals surface area contributed by atoms with Crippen LogP contribution in [0.2, 0.25) is 0 Å². The third-order valence-electron chi connectivity index (χ3n) is 6.91. The molecule has 1 heterocycles. The molecule has 1 aliphatic heterocycles. The highest BCUT2D eigenvalue weighted by Gasteiger charge is 2.18. The Morgan fingerprint density at radius 3 is 1.64 bits per heavy atom. The summed E-state index contributed by atoms with van der Waals surface area (Å²) in [5.41, 5.74) is 0. The van der Waals surface area contributed by atoms with Gasteiger partial charge in [0.05, 0.1) is 25.9 Å². The second-order valence-corrected chi connectivity index (χ2v) is 10.8. The average Bonchev–Trinajstić information content (AvgIpc) is 3.09. The molecular formula is C34H62O8. The van der Waals surface area contributed by atoms with Gasteiger partial charge in [-0.3, -0.25) is 0 Å². The zero-order valence-corrected chi connectivity index (χ0v) is 27.1. The van der Waals surface area contributed by atoms with Crippen molar-refractivity contribution < 1.29 is 38.0 Å². The molecule has 0 saturated carbocycles. The summed E-state index contributed by atoms with van der Waals surface area (Å²) in [5, 5.41) is 0. The van der Waals surface area contributed by atoms with Gasteiger partial charge in [-0.15, -0.1) is 0 Å². The Morgan fingerprint density at radius 1 is 0.714 bits per heavy atom. The van der Waals surface area contributed by atoms with Crippen molar-refractivity contribution in [1.82, 2.24) is 0 Å². The minimum atomic E-state index is -0.732. The van der Waals surface area contributed by atoms with Gasteiger partial charge in [0.1, 0.15) is 6.61 Å². The third kappa shape index (κ3) is 27.1. The Morgan fingerprint density at radius 2 is 1.17 bits per heavy atom. The second-order valence-electron chi connectivity index (χ2n) is 10.8. The molecule has 1 aliphatic rings. The summed E-state index contributed by atoms with van der Waals surface area (Å²) in [4.78, 5) is 22.1. The molecule has 0 aromatic carbocycles. The smallest absolute Gasteiger partial charge is 0.332 e. The highest BCUT2D eigenvalue weighted by molar-refractivity contribution is 5.81. The minimum absolute atomic E-state index is 0.0251. The summed E-state index contributed by atoms with van der Waals surface area (Å²) in [6.45, 7) is 14.5. The Labute approximate surface area is 256 Å². The quantitative estimate of drug-likeness (QED) is 0.0660. The fraction of sp³-hybridized carbons (Fsp3) is 0.824. The van der Waals surface area contributed by atoms with Crippen LogP contribution in [0, 0.1) is 0 Å². The zero-order chi connectivity index (χ0) is 31.1. The van der Waals surface area contributed by atoms with E-state index in [1.807, 2.05) is 13.8 Å². The molecule has 1 fully saturated rings. The summed E-state index contributed by atoms with van der Waals surface area (Å²) >= 11 is 0. The fourth-order valence-corrected chi connectivity index (χ4v) is 4.53. The van der Waals surface area contributed by atoms with Crippen LogP contribution in [0.4, 0.5) is 0 Å². The molecule has 0 aliphatic carbocycles. The van der Waals surface area contributed by atoms with Crippen LogP contribution in [-0.4, -0.2) is 63.7 Å². The fourth-order valence-electron chi connectivity index (χ4n) is 4.53. The van der Waals surface area contributed by atoms with Gasteiger partial charge in [-0.05, 0) is 26.7 Å². The van der Waals surface area contributed by atoms with Gasteiger partial charge < -0.3 is 28.4 Å². The summed E-state index contributed by atoms with van der Waals surface area (Å²) < 4.78 is 31.3. The van der Waals surface area contributed by atoms with Crippen LogP contribution in [0.1, 0.15) is 130 Å². The van der Waals surface area contributed by atoms with Crippen molar-refractivity contribution in [2.75, 3.05) is 33.0 Å². The number of carbonyl (C=O) groups excluding carboxylic acids is 2. The maximum atomic E-state index is 11.1. The van der Waals surface area contributed by atoms with Crippen LogP contribution in [0.25, 0.3) is 0 Å². The molecule has 42 heavy (non-hydrogen) atoms. The summed E-state index contributed by atoms with van der Waals surface area (Å²) in [7, 11) is 0. The van der Waals surface area contributed by atoms with Crippen molar-refractivity contribution in [1.29, 1.82) is 0 Å². The highest BCUT2D eigenvalue weighted by Crippen LogP contribution is 2.15. The first kappa shape index (κ1) is 40.3. The predicted octanol–water partition coefficient (Wildman–Crippen LogP) is 8.22. The molecule has 8 heteroatoms. The van der Waals surface area contributed by atoms with Gasteiger partial charge in [0, 0.05) is 18.8 Å². The van der Waals surface area contributed by atoms with Crippen LogP contribution < -0.4 is 0 Å². The topological polar surface area (TPSA) is 89.5 Å². The molecule has 3 unspecified atom stereocenters. The number of ether oxygens (including phenoxy) is 6.